The Morgan fingerprint density at radius 2 is 1.72 bits per heavy atom. The number of nitrogens with zero attached hydrogens (tertiary/aromatic N) is 1. The van der Waals surface area contributed by atoms with Crippen LogP contribution in [-0.4, -0.2) is 31.1 Å². The molecule has 0 spiro atoms. The third kappa shape index (κ3) is 7.49. The number of aliphatic imine (C=N–C) groups is 1. The van der Waals surface area contributed by atoms with E-state index in [0.29, 0.717) is 31.2 Å². The summed E-state index contributed by atoms with van der Waals surface area (Å²) in [6.45, 7) is 9.77. The van der Waals surface area contributed by atoms with Gasteiger partial charge in [0, 0.05) is 37.8 Å². The van der Waals surface area contributed by atoms with Crippen LogP contribution in [0.1, 0.15) is 49.2 Å². The van der Waals surface area contributed by atoms with Gasteiger partial charge in [-0.2, -0.15) is 0 Å². The fourth-order valence-corrected chi connectivity index (χ4v) is 2.75. The minimum atomic E-state index is -0.259. The summed E-state index contributed by atoms with van der Waals surface area (Å²) in [4.78, 5) is 16.3. The van der Waals surface area contributed by atoms with Crippen molar-refractivity contribution in [2.24, 2.45) is 4.99 Å². The predicted molar refractivity (Wildman–Crippen MR) is 118 cm³/mol. The largest absolute Gasteiger partial charge is 0.488 e. The van der Waals surface area contributed by atoms with E-state index < -0.39 is 0 Å². The molecule has 3 N–H and O–H groups in total. The molecule has 0 radical (unpaired) electrons. The van der Waals surface area contributed by atoms with Crippen molar-refractivity contribution >= 4 is 11.9 Å². The average molecular weight is 397 g/mol. The summed E-state index contributed by atoms with van der Waals surface area (Å²) in [5.74, 6) is 1.48. The summed E-state index contributed by atoms with van der Waals surface area (Å²) < 4.78 is 6.05. The number of benzene rings is 2. The highest BCUT2D eigenvalue weighted by molar-refractivity contribution is 5.94. The Labute approximate surface area is 173 Å². The molecule has 2 aromatic rings. The summed E-state index contributed by atoms with van der Waals surface area (Å²) in [6, 6.07) is 15.6. The lowest BCUT2D eigenvalue weighted by atomic mass is 10.1. The highest BCUT2D eigenvalue weighted by atomic mass is 16.5. The van der Waals surface area contributed by atoms with Crippen molar-refractivity contribution in [3.8, 4) is 5.75 Å². The van der Waals surface area contributed by atoms with Crippen LogP contribution in [0.4, 0.5) is 0 Å². The number of carbonyl (C=O) groups excluding carboxylic acids is 1. The normalized spacial score (nSPS) is 11.7. The lowest BCUT2D eigenvalue weighted by Gasteiger charge is -2.23. The van der Waals surface area contributed by atoms with Crippen LogP contribution in [-0.2, 0) is 13.1 Å². The maximum atomic E-state index is 12.0. The first-order valence-electron chi connectivity index (χ1n) is 9.91. The summed E-state index contributed by atoms with van der Waals surface area (Å²) in [6.07, 6.45) is 0. The number of amides is 1. The Balaban J connectivity index is 1.96. The number of para-hydroxylation sites is 1. The molecule has 0 unspecified atom stereocenters. The van der Waals surface area contributed by atoms with E-state index >= 15 is 0 Å². The monoisotopic (exact) mass is 396 g/mol. The molecule has 0 bridgehead atoms. The van der Waals surface area contributed by atoms with Crippen molar-refractivity contribution < 1.29 is 9.53 Å². The van der Waals surface area contributed by atoms with Crippen molar-refractivity contribution in [1.29, 1.82) is 0 Å². The second-order valence-electron chi connectivity index (χ2n) is 7.66. The van der Waals surface area contributed by atoms with E-state index in [-0.39, 0.29) is 11.5 Å². The molecular formula is C23H32N4O2. The van der Waals surface area contributed by atoms with Crippen LogP contribution in [0.15, 0.2) is 53.5 Å². The summed E-state index contributed by atoms with van der Waals surface area (Å²) in [7, 11) is 1.73. The van der Waals surface area contributed by atoms with Gasteiger partial charge in [0.15, 0.2) is 5.96 Å². The van der Waals surface area contributed by atoms with E-state index in [1.54, 1.807) is 7.05 Å². The number of guanidine groups is 1. The van der Waals surface area contributed by atoms with Gasteiger partial charge in [0.1, 0.15) is 11.4 Å². The van der Waals surface area contributed by atoms with Gasteiger partial charge in [0.25, 0.3) is 5.91 Å². The third-order valence-corrected chi connectivity index (χ3v) is 4.05. The lowest BCUT2D eigenvalue weighted by molar-refractivity contribution is 0.0955. The second-order valence-corrected chi connectivity index (χ2v) is 7.66. The molecule has 0 aromatic heterocycles. The van der Waals surface area contributed by atoms with Gasteiger partial charge in [0.2, 0.25) is 0 Å². The molecule has 0 saturated heterocycles. The Kier molecular flexibility index (Phi) is 8.07. The van der Waals surface area contributed by atoms with Gasteiger partial charge in [0.05, 0.1) is 0 Å². The predicted octanol–water partition coefficient (Wildman–Crippen LogP) is 3.48. The minimum absolute atomic E-state index is 0.0627. The van der Waals surface area contributed by atoms with Gasteiger partial charge in [-0.3, -0.25) is 9.79 Å². The molecule has 2 aromatic carbocycles. The Morgan fingerprint density at radius 1 is 1.00 bits per heavy atom. The Morgan fingerprint density at radius 3 is 2.41 bits per heavy atom. The number of hydrogen-bond donors (Lipinski definition) is 3. The maximum absolute atomic E-state index is 12.0. The highest BCUT2D eigenvalue weighted by Gasteiger charge is 2.14. The molecule has 0 aliphatic carbocycles. The van der Waals surface area contributed by atoms with E-state index in [4.69, 9.17) is 4.74 Å². The molecule has 29 heavy (non-hydrogen) atoms. The van der Waals surface area contributed by atoms with Crippen LogP contribution in [0.25, 0.3) is 0 Å². The fraction of sp³-hybridized carbons (Fsp3) is 0.391. The van der Waals surface area contributed by atoms with Crippen LogP contribution in [0.3, 0.4) is 0 Å². The Hall–Kier alpha value is -3.02. The van der Waals surface area contributed by atoms with Crippen molar-refractivity contribution in [1.82, 2.24) is 16.0 Å². The van der Waals surface area contributed by atoms with E-state index in [9.17, 15) is 4.79 Å². The standard InChI is InChI=1S/C23H32N4O2/c1-6-25-21(28)18-12-9-10-17(14-18)15-26-22(24-5)27-16-19-11-7-8-13-20(19)29-23(2,3)4/h7-14H,6,15-16H2,1-5H3,(H,25,28)(H2,24,26,27). The quantitative estimate of drug-likeness (QED) is 0.495. The first kappa shape index (κ1) is 22.3. The van der Waals surface area contributed by atoms with Crippen molar-refractivity contribution in [2.45, 2.75) is 46.4 Å². The molecular weight excluding hydrogens is 364 g/mol. The van der Waals surface area contributed by atoms with Gasteiger partial charge >= 0.3 is 0 Å². The lowest BCUT2D eigenvalue weighted by Crippen LogP contribution is -2.36. The van der Waals surface area contributed by atoms with Crippen LogP contribution < -0.4 is 20.7 Å². The van der Waals surface area contributed by atoms with Crippen LogP contribution in [0.5, 0.6) is 5.75 Å². The highest BCUT2D eigenvalue weighted by Crippen LogP contribution is 2.22. The zero-order chi connectivity index (χ0) is 21.3. The maximum Gasteiger partial charge on any atom is 0.251 e. The average Bonchev–Trinajstić information content (AvgIpc) is 2.68. The molecule has 0 saturated carbocycles. The van der Waals surface area contributed by atoms with Gasteiger partial charge < -0.3 is 20.7 Å². The molecule has 0 atom stereocenters. The van der Waals surface area contributed by atoms with E-state index in [1.807, 2.05) is 76.2 Å². The van der Waals surface area contributed by atoms with Crippen molar-refractivity contribution in [3.05, 3.63) is 65.2 Å². The zero-order valence-corrected chi connectivity index (χ0v) is 18.0. The van der Waals surface area contributed by atoms with Gasteiger partial charge in [-0.05, 0) is 51.5 Å². The molecule has 0 fully saturated rings. The second kappa shape index (κ2) is 10.5. The van der Waals surface area contributed by atoms with Crippen LogP contribution in [0, 0.1) is 0 Å². The summed E-state index contributed by atoms with van der Waals surface area (Å²) >= 11 is 0. The SMILES string of the molecule is CCNC(=O)c1cccc(CNC(=NC)NCc2ccccc2OC(C)(C)C)c1. The molecule has 0 aliphatic heterocycles. The number of ether oxygens (including phenoxy) is 1. The molecule has 2 rings (SSSR count). The summed E-state index contributed by atoms with van der Waals surface area (Å²) in [5, 5.41) is 9.43. The molecule has 1 amide bonds. The zero-order valence-electron chi connectivity index (χ0n) is 18.0. The number of rotatable bonds is 7. The first-order chi connectivity index (χ1) is 13.8. The molecule has 0 aliphatic rings. The topological polar surface area (TPSA) is 74.8 Å². The van der Waals surface area contributed by atoms with E-state index in [1.165, 1.54) is 0 Å². The van der Waals surface area contributed by atoms with Gasteiger partial charge in [-0.15, -0.1) is 0 Å². The fourth-order valence-electron chi connectivity index (χ4n) is 2.75. The number of nitrogens with one attached hydrogen (secondary N) is 3. The van der Waals surface area contributed by atoms with Gasteiger partial charge in [-0.1, -0.05) is 30.3 Å². The van der Waals surface area contributed by atoms with Crippen LogP contribution in [0.2, 0.25) is 0 Å². The number of carbonyl (C=O) groups is 1. The minimum Gasteiger partial charge on any atom is -0.488 e. The van der Waals surface area contributed by atoms with E-state index in [2.05, 4.69) is 20.9 Å². The Bertz CT molecular complexity index is 841. The summed E-state index contributed by atoms with van der Waals surface area (Å²) in [5.41, 5.74) is 2.46. The van der Waals surface area contributed by atoms with Crippen molar-refractivity contribution in [2.75, 3.05) is 13.6 Å². The first-order valence-corrected chi connectivity index (χ1v) is 9.91. The van der Waals surface area contributed by atoms with Crippen LogP contribution >= 0.6 is 0 Å². The van der Waals surface area contributed by atoms with E-state index in [0.717, 1.165) is 16.9 Å². The third-order valence-electron chi connectivity index (χ3n) is 4.05. The number of hydrogen-bond acceptors (Lipinski definition) is 3. The molecule has 6 heteroatoms. The molecule has 6 nitrogen and oxygen atoms in total. The van der Waals surface area contributed by atoms with Crippen molar-refractivity contribution in [3.63, 3.8) is 0 Å². The molecule has 0 heterocycles. The molecule has 156 valence electrons. The smallest absolute Gasteiger partial charge is 0.251 e. The van der Waals surface area contributed by atoms with Gasteiger partial charge in [-0.25, -0.2) is 0 Å².